The average Bonchev–Trinajstić information content (AvgIpc) is 2.69. The molecule has 114 valence electrons. The lowest BCUT2D eigenvalue weighted by molar-refractivity contribution is -0.115. The van der Waals surface area contributed by atoms with E-state index in [2.05, 4.69) is 0 Å². The summed E-state index contributed by atoms with van der Waals surface area (Å²) in [6.45, 7) is 0. The standard InChI is InChI=1S/C15H11F2NO3S/c16-11-6-4-10(5-7-11)15-18(14(19)9-22(15,20)21)13-3-1-2-12(17)8-13/h1-8,15H,9H2/t15-/m1/s1. The minimum absolute atomic E-state index is 0.153. The number of nitrogens with zero attached hydrogens (tertiary/aromatic N) is 1. The smallest absolute Gasteiger partial charge is 0.243 e. The van der Waals surface area contributed by atoms with Gasteiger partial charge in [-0.1, -0.05) is 18.2 Å². The molecule has 0 bridgehead atoms. The average molecular weight is 323 g/mol. The van der Waals surface area contributed by atoms with Gasteiger partial charge in [-0.15, -0.1) is 0 Å². The third-order valence-electron chi connectivity index (χ3n) is 3.41. The summed E-state index contributed by atoms with van der Waals surface area (Å²) in [5.41, 5.74) is 0.414. The van der Waals surface area contributed by atoms with Gasteiger partial charge in [0.1, 0.15) is 17.4 Å². The van der Waals surface area contributed by atoms with Crippen LogP contribution in [0.1, 0.15) is 10.9 Å². The molecule has 1 saturated heterocycles. The molecule has 1 fully saturated rings. The maximum Gasteiger partial charge on any atom is 0.243 e. The van der Waals surface area contributed by atoms with E-state index in [9.17, 15) is 22.0 Å². The van der Waals surface area contributed by atoms with Gasteiger partial charge in [-0.3, -0.25) is 9.69 Å². The summed E-state index contributed by atoms with van der Waals surface area (Å²) in [6, 6.07) is 10.0. The molecule has 0 saturated carbocycles. The largest absolute Gasteiger partial charge is 0.290 e. The Bertz CT molecular complexity index is 834. The van der Waals surface area contributed by atoms with Crippen LogP contribution in [-0.2, 0) is 14.6 Å². The van der Waals surface area contributed by atoms with Crippen LogP contribution in [0.4, 0.5) is 14.5 Å². The van der Waals surface area contributed by atoms with E-state index in [1.54, 1.807) is 0 Å². The van der Waals surface area contributed by atoms with Gasteiger partial charge in [0.15, 0.2) is 15.2 Å². The van der Waals surface area contributed by atoms with E-state index >= 15 is 0 Å². The molecule has 22 heavy (non-hydrogen) atoms. The Morgan fingerprint density at radius 2 is 1.68 bits per heavy atom. The van der Waals surface area contributed by atoms with Gasteiger partial charge in [0.05, 0.1) is 0 Å². The highest BCUT2D eigenvalue weighted by molar-refractivity contribution is 7.93. The molecular weight excluding hydrogens is 312 g/mol. The van der Waals surface area contributed by atoms with Crippen LogP contribution in [0.5, 0.6) is 0 Å². The number of amides is 1. The second-order valence-electron chi connectivity index (χ2n) is 4.95. The predicted molar refractivity (Wildman–Crippen MR) is 76.8 cm³/mol. The summed E-state index contributed by atoms with van der Waals surface area (Å²) in [5, 5.41) is -1.28. The lowest BCUT2D eigenvalue weighted by atomic mass is 10.2. The molecule has 0 radical (unpaired) electrons. The van der Waals surface area contributed by atoms with Crippen molar-refractivity contribution in [1.82, 2.24) is 0 Å². The highest BCUT2D eigenvalue weighted by atomic mass is 32.2. The second kappa shape index (κ2) is 5.17. The van der Waals surface area contributed by atoms with E-state index in [0.29, 0.717) is 0 Å². The summed E-state index contributed by atoms with van der Waals surface area (Å²) < 4.78 is 51.0. The number of anilines is 1. The molecule has 0 spiro atoms. The fourth-order valence-electron chi connectivity index (χ4n) is 2.50. The zero-order valence-electron chi connectivity index (χ0n) is 11.2. The van der Waals surface area contributed by atoms with Gasteiger partial charge in [-0.05, 0) is 35.9 Å². The van der Waals surface area contributed by atoms with Crippen molar-refractivity contribution >= 4 is 21.4 Å². The summed E-state index contributed by atoms with van der Waals surface area (Å²) in [6.07, 6.45) is 0. The van der Waals surface area contributed by atoms with E-state index < -0.39 is 38.5 Å². The first-order valence-electron chi connectivity index (χ1n) is 6.43. The Hall–Kier alpha value is -2.28. The van der Waals surface area contributed by atoms with E-state index in [1.165, 1.54) is 30.3 Å². The van der Waals surface area contributed by atoms with E-state index in [0.717, 1.165) is 23.1 Å². The van der Waals surface area contributed by atoms with Crippen molar-refractivity contribution in [1.29, 1.82) is 0 Å². The van der Waals surface area contributed by atoms with Gasteiger partial charge in [0.25, 0.3) is 0 Å². The normalized spacial score (nSPS) is 20.4. The molecule has 1 aliphatic rings. The Kier molecular flexibility index (Phi) is 3.44. The van der Waals surface area contributed by atoms with E-state index in [-0.39, 0.29) is 11.3 Å². The Balaban J connectivity index is 2.14. The van der Waals surface area contributed by atoms with Crippen LogP contribution in [0, 0.1) is 11.6 Å². The van der Waals surface area contributed by atoms with Crippen LogP contribution in [0.25, 0.3) is 0 Å². The van der Waals surface area contributed by atoms with Gasteiger partial charge >= 0.3 is 0 Å². The number of halogens is 2. The number of hydrogen-bond donors (Lipinski definition) is 0. The molecule has 1 atom stereocenters. The van der Waals surface area contributed by atoms with Crippen LogP contribution in [0.3, 0.4) is 0 Å². The molecule has 1 amide bonds. The number of rotatable bonds is 2. The topological polar surface area (TPSA) is 54.5 Å². The first-order valence-corrected chi connectivity index (χ1v) is 8.15. The molecule has 1 aliphatic heterocycles. The summed E-state index contributed by atoms with van der Waals surface area (Å²) in [4.78, 5) is 13.1. The van der Waals surface area contributed by atoms with E-state index in [4.69, 9.17) is 0 Å². The van der Waals surface area contributed by atoms with Crippen molar-refractivity contribution < 1.29 is 22.0 Å². The number of benzene rings is 2. The molecular formula is C15H11F2NO3S. The Labute approximate surface area is 125 Å². The SMILES string of the molecule is O=C1CS(=O)(=O)[C@H](c2ccc(F)cc2)N1c1cccc(F)c1. The Morgan fingerprint density at radius 1 is 1.00 bits per heavy atom. The van der Waals surface area contributed by atoms with Crippen LogP contribution in [0.15, 0.2) is 48.5 Å². The third kappa shape index (κ3) is 2.48. The third-order valence-corrected chi connectivity index (χ3v) is 5.22. The van der Waals surface area contributed by atoms with Gasteiger partial charge < -0.3 is 0 Å². The van der Waals surface area contributed by atoms with Crippen LogP contribution in [-0.4, -0.2) is 20.1 Å². The quantitative estimate of drug-likeness (QED) is 0.853. The fourth-order valence-corrected chi connectivity index (χ4v) is 4.27. The number of sulfone groups is 1. The number of hydrogen-bond acceptors (Lipinski definition) is 3. The molecule has 4 nitrogen and oxygen atoms in total. The van der Waals surface area contributed by atoms with Crippen molar-refractivity contribution in [2.75, 3.05) is 10.7 Å². The highest BCUT2D eigenvalue weighted by Crippen LogP contribution is 2.37. The predicted octanol–water partition coefficient (Wildman–Crippen LogP) is 2.43. The molecule has 2 aromatic carbocycles. The van der Waals surface area contributed by atoms with Crippen LogP contribution >= 0.6 is 0 Å². The molecule has 1 heterocycles. The number of carbonyl (C=O) groups is 1. The van der Waals surface area contributed by atoms with Crippen LogP contribution in [0.2, 0.25) is 0 Å². The minimum atomic E-state index is -3.78. The second-order valence-corrected chi connectivity index (χ2v) is 7.02. The lowest BCUT2D eigenvalue weighted by Gasteiger charge is -2.23. The molecule has 2 aromatic rings. The molecule has 7 heteroatoms. The fraction of sp³-hybridized carbons (Fsp3) is 0.133. The summed E-state index contributed by atoms with van der Waals surface area (Å²) in [7, 11) is -3.78. The molecule has 0 aliphatic carbocycles. The monoisotopic (exact) mass is 323 g/mol. The van der Waals surface area contributed by atoms with Crippen molar-refractivity contribution in [2.24, 2.45) is 0 Å². The highest BCUT2D eigenvalue weighted by Gasteiger charge is 2.45. The Morgan fingerprint density at radius 3 is 2.32 bits per heavy atom. The zero-order valence-corrected chi connectivity index (χ0v) is 12.1. The number of carbonyl (C=O) groups excluding carboxylic acids is 1. The van der Waals surface area contributed by atoms with Crippen molar-refractivity contribution in [3.8, 4) is 0 Å². The zero-order chi connectivity index (χ0) is 15.9. The van der Waals surface area contributed by atoms with Gasteiger partial charge in [-0.25, -0.2) is 17.2 Å². The molecule has 0 unspecified atom stereocenters. The summed E-state index contributed by atoms with van der Waals surface area (Å²) >= 11 is 0. The molecule has 3 rings (SSSR count). The summed E-state index contributed by atoms with van der Waals surface area (Å²) in [5.74, 6) is -2.39. The van der Waals surface area contributed by atoms with Crippen molar-refractivity contribution in [3.05, 3.63) is 65.7 Å². The lowest BCUT2D eigenvalue weighted by Crippen LogP contribution is -2.29. The maximum atomic E-state index is 13.4. The maximum absolute atomic E-state index is 13.4. The molecule has 0 aromatic heterocycles. The first kappa shape index (κ1) is 14.6. The minimum Gasteiger partial charge on any atom is -0.290 e. The van der Waals surface area contributed by atoms with Gasteiger partial charge in [0.2, 0.25) is 5.91 Å². The van der Waals surface area contributed by atoms with Crippen molar-refractivity contribution in [3.63, 3.8) is 0 Å². The van der Waals surface area contributed by atoms with Crippen molar-refractivity contribution in [2.45, 2.75) is 5.37 Å². The molecule has 0 N–H and O–H groups in total. The van der Waals surface area contributed by atoms with Gasteiger partial charge in [0, 0.05) is 5.69 Å². The van der Waals surface area contributed by atoms with Gasteiger partial charge in [-0.2, -0.15) is 0 Å². The van der Waals surface area contributed by atoms with E-state index in [1.807, 2.05) is 0 Å². The van der Waals surface area contributed by atoms with Crippen LogP contribution < -0.4 is 4.90 Å². The first-order chi connectivity index (χ1) is 10.4.